The monoisotopic (exact) mass is 364 g/mol. The van der Waals surface area contributed by atoms with Crippen LogP contribution in [0.5, 0.6) is 0 Å². The Morgan fingerprint density at radius 1 is 0.963 bits per heavy atom. The molecule has 0 atom stereocenters. The van der Waals surface area contributed by atoms with Gasteiger partial charge in [-0.3, -0.25) is 9.59 Å². The van der Waals surface area contributed by atoms with Crippen LogP contribution < -0.4 is 10.6 Å². The molecule has 0 aliphatic carbocycles. The molecule has 0 radical (unpaired) electrons. The summed E-state index contributed by atoms with van der Waals surface area (Å²) in [4.78, 5) is 25.0. The fourth-order valence-corrected chi connectivity index (χ4v) is 2.34. The molecular weight excluding hydrogens is 347 g/mol. The van der Waals surface area contributed by atoms with E-state index in [1.807, 2.05) is 0 Å². The van der Waals surface area contributed by atoms with Crippen LogP contribution in [0.3, 0.4) is 0 Å². The van der Waals surface area contributed by atoms with Gasteiger partial charge >= 0.3 is 0 Å². The zero-order valence-corrected chi connectivity index (χ0v) is 14.3. The number of carbonyl (C=O) groups is 2. The van der Waals surface area contributed by atoms with Crippen LogP contribution in [0.1, 0.15) is 21.7 Å². The molecule has 2 N–H and O–H groups in total. The highest BCUT2D eigenvalue weighted by atomic mass is 19.1. The van der Waals surface area contributed by atoms with E-state index in [2.05, 4.69) is 10.6 Å². The van der Waals surface area contributed by atoms with Crippen LogP contribution in [-0.2, 0) is 11.3 Å². The molecule has 2 aromatic carbocycles. The van der Waals surface area contributed by atoms with E-state index < -0.39 is 11.8 Å². The van der Waals surface area contributed by atoms with Crippen molar-refractivity contribution in [2.24, 2.45) is 0 Å². The SMILES string of the molecule is O=C(NCc1ccc(F)cc1)/C(=C/c1ccco1)NC(=O)c1ccccc1. The summed E-state index contributed by atoms with van der Waals surface area (Å²) in [6.07, 6.45) is 2.92. The van der Waals surface area contributed by atoms with E-state index in [-0.39, 0.29) is 18.1 Å². The predicted octanol–water partition coefficient (Wildman–Crippen LogP) is 3.51. The molecule has 0 fully saturated rings. The summed E-state index contributed by atoms with van der Waals surface area (Å²) in [7, 11) is 0. The lowest BCUT2D eigenvalue weighted by Crippen LogP contribution is -2.34. The summed E-state index contributed by atoms with van der Waals surface area (Å²) >= 11 is 0. The minimum atomic E-state index is -0.486. The highest BCUT2D eigenvalue weighted by Crippen LogP contribution is 2.09. The third kappa shape index (κ3) is 5.15. The quantitative estimate of drug-likeness (QED) is 0.658. The maximum absolute atomic E-state index is 13.0. The fourth-order valence-electron chi connectivity index (χ4n) is 2.34. The molecule has 0 spiro atoms. The summed E-state index contributed by atoms with van der Waals surface area (Å²) in [5.74, 6) is -0.820. The standard InChI is InChI=1S/C21H17FN2O3/c22-17-10-8-15(9-11-17)14-23-21(26)19(13-18-7-4-12-27-18)24-20(25)16-5-2-1-3-6-16/h1-13H,14H2,(H,23,26)(H,24,25)/b19-13-. The summed E-state index contributed by atoms with van der Waals surface area (Å²) in [6, 6.07) is 17.7. The first-order valence-electron chi connectivity index (χ1n) is 8.26. The van der Waals surface area contributed by atoms with Gasteiger partial charge in [-0.15, -0.1) is 0 Å². The third-order valence-electron chi connectivity index (χ3n) is 3.72. The highest BCUT2D eigenvalue weighted by Gasteiger charge is 2.15. The molecule has 5 nitrogen and oxygen atoms in total. The van der Waals surface area contributed by atoms with Gasteiger partial charge in [-0.25, -0.2) is 4.39 Å². The number of nitrogens with one attached hydrogen (secondary N) is 2. The minimum Gasteiger partial charge on any atom is -0.465 e. The zero-order chi connectivity index (χ0) is 19.1. The lowest BCUT2D eigenvalue weighted by molar-refractivity contribution is -0.117. The fraction of sp³-hybridized carbons (Fsp3) is 0.0476. The molecule has 0 saturated heterocycles. The summed E-state index contributed by atoms with van der Waals surface area (Å²) in [6.45, 7) is 0.190. The number of hydrogen-bond acceptors (Lipinski definition) is 3. The van der Waals surface area contributed by atoms with Gasteiger partial charge < -0.3 is 15.1 Å². The second kappa shape index (κ2) is 8.62. The first kappa shape index (κ1) is 18.1. The van der Waals surface area contributed by atoms with Crippen molar-refractivity contribution in [3.8, 4) is 0 Å². The van der Waals surface area contributed by atoms with Gasteiger partial charge in [-0.05, 0) is 42.0 Å². The normalized spacial score (nSPS) is 11.1. The van der Waals surface area contributed by atoms with Crippen LogP contribution >= 0.6 is 0 Å². The molecule has 6 heteroatoms. The number of amides is 2. The minimum absolute atomic E-state index is 0.0425. The Morgan fingerprint density at radius 2 is 1.70 bits per heavy atom. The molecule has 0 bridgehead atoms. The van der Waals surface area contributed by atoms with Crippen molar-refractivity contribution < 1.29 is 18.4 Å². The van der Waals surface area contributed by atoms with Crippen molar-refractivity contribution in [3.63, 3.8) is 0 Å². The first-order chi connectivity index (χ1) is 13.1. The highest BCUT2D eigenvalue weighted by molar-refractivity contribution is 6.05. The summed E-state index contributed by atoms with van der Waals surface area (Å²) in [5, 5.41) is 5.31. The van der Waals surface area contributed by atoms with Crippen molar-refractivity contribution in [1.82, 2.24) is 10.6 Å². The lowest BCUT2D eigenvalue weighted by Gasteiger charge is -2.11. The van der Waals surface area contributed by atoms with Crippen molar-refractivity contribution >= 4 is 17.9 Å². The van der Waals surface area contributed by atoms with Crippen LogP contribution in [-0.4, -0.2) is 11.8 Å². The molecule has 1 heterocycles. The van der Waals surface area contributed by atoms with E-state index in [1.54, 1.807) is 54.6 Å². The predicted molar refractivity (Wildman–Crippen MR) is 98.8 cm³/mol. The maximum atomic E-state index is 13.0. The van der Waals surface area contributed by atoms with Crippen molar-refractivity contribution in [1.29, 1.82) is 0 Å². The van der Waals surface area contributed by atoms with Crippen LogP contribution in [0.4, 0.5) is 4.39 Å². The Hall–Kier alpha value is -3.67. The number of furan rings is 1. The van der Waals surface area contributed by atoms with E-state index in [4.69, 9.17) is 4.42 Å². The van der Waals surface area contributed by atoms with Crippen LogP contribution in [0.15, 0.2) is 83.1 Å². The van der Waals surface area contributed by atoms with Crippen molar-refractivity contribution in [3.05, 3.63) is 101 Å². The van der Waals surface area contributed by atoms with Gasteiger partial charge in [0.25, 0.3) is 11.8 Å². The van der Waals surface area contributed by atoms with Gasteiger partial charge in [-0.1, -0.05) is 30.3 Å². The van der Waals surface area contributed by atoms with E-state index >= 15 is 0 Å². The van der Waals surface area contributed by atoms with Crippen molar-refractivity contribution in [2.75, 3.05) is 0 Å². The smallest absolute Gasteiger partial charge is 0.268 e. The Labute approximate surface area is 155 Å². The number of carbonyl (C=O) groups excluding carboxylic acids is 2. The van der Waals surface area contributed by atoms with Gasteiger partial charge in [0.1, 0.15) is 17.3 Å². The number of hydrogen-bond donors (Lipinski definition) is 2. The molecule has 0 unspecified atom stereocenters. The summed E-state index contributed by atoms with van der Waals surface area (Å²) in [5.41, 5.74) is 1.20. The van der Waals surface area contributed by atoms with E-state index in [9.17, 15) is 14.0 Å². The maximum Gasteiger partial charge on any atom is 0.268 e. The van der Waals surface area contributed by atoms with Gasteiger partial charge in [-0.2, -0.15) is 0 Å². The Morgan fingerprint density at radius 3 is 2.37 bits per heavy atom. The lowest BCUT2D eigenvalue weighted by atomic mass is 10.2. The van der Waals surface area contributed by atoms with Crippen molar-refractivity contribution in [2.45, 2.75) is 6.54 Å². The van der Waals surface area contributed by atoms with Gasteiger partial charge in [0.15, 0.2) is 0 Å². The van der Waals surface area contributed by atoms with Crippen LogP contribution in [0.25, 0.3) is 6.08 Å². The molecule has 0 aliphatic heterocycles. The molecule has 0 aliphatic rings. The second-order valence-corrected chi connectivity index (χ2v) is 5.70. The molecule has 2 amide bonds. The second-order valence-electron chi connectivity index (χ2n) is 5.70. The molecule has 1 aromatic heterocycles. The van der Waals surface area contributed by atoms with Crippen LogP contribution in [0, 0.1) is 5.82 Å². The van der Waals surface area contributed by atoms with Crippen LogP contribution in [0.2, 0.25) is 0 Å². The van der Waals surface area contributed by atoms with Gasteiger partial charge in [0.2, 0.25) is 0 Å². The molecule has 27 heavy (non-hydrogen) atoms. The third-order valence-corrected chi connectivity index (χ3v) is 3.72. The van der Waals surface area contributed by atoms with Gasteiger partial charge in [0.05, 0.1) is 6.26 Å². The Balaban J connectivity index is 1.74. The van der Waals surface area contributed by atoms with E-state index in [1.165, 1.54) is 24.5 Å². The molecule has 3 rings (SSSR count). The van der Waals surface area contributed by atoms with Gasteiger partial charge in [0, 0.05) is 18.2 Å². The average molecular weight is 364 g/mol. The van der Waals surface area contributed by atoms with E-state index in [0.29, 0.717) is 11.3 Å². The number of halogens is 1. The zero-order valence-electron chi connectivity index (χ0n) is 14.3. The van der Waals surface area contributed by atoms with E-state index in [0.717, 1.165) is 5.56 Å². The topological polar surface area (TPSA) is 71.3 Å². The number of rotatable bonds is 6. The summed E-state index contributed by atoms with van der Waals surface area (Å²) < 4.78 is 18.2. The molecule has 0 saturated carbocycles. The largest absolute Gasteiger partial charge is 0.465 e. The number of benzene rings is 2. The molecular formula is C21H17FN2O3. The molecule has 136 valence electrons. The Bertz CT molecular complexity index is 933. The first-order valence-corrected chi connectivity index (χ1v) is 8.26. The Kier molecular flexibility index (Phi) is 5.79. The average Bonchev–Trinajstić information content (AvgIpc) is 3.20. The molecule has 3 aromatic rings.